The molecule has 1 aromatic heterocycles. The Labute approximate surface area is 115 Å². The average Bonchev–Trinajstić information content (AvgIpc) is 2.96. The maximum Gasteiger partial charge on any atom is 0.222 e. The molecule has 1 aliphatic heterocycles. The highest BCUT2D eigenvalue weighted by molar-refractivity contribution is 5.76. The summed E-state index contributed by atoms with van der Waals surface area (Å²) >= 11 is 0. The number of amides is 1. The summed E-state index contributed by atoms with van der Waals surface area (Å²) in [5.74, 6) is 0.250. The first kappa shape index (κ1) is 14.0. The fourth-order valence-electron chi connectivity index (χ4n) is 2.54. The van der Waals surface area contributed by atoms with Crippen LogP contribution in [0, 0.1) is 0 Å². The van der Waals surface area contributed by atoms with Gasteiger partial charge in [-0.05, 0) is 44.4 Å². The summed E-state index contributed by atoms with van der Waals surface area (Å²) < 4.78 is 0. The predicted molar refractivity (Wildman–Crippen MR) is 75.8 cm³/mol. The number of likely N-dealkylation sites (N-methyl/N-ethyl adjacent to an activating group) is 1. The van der Waals surface area contributed by atoms with E-state index in [9.17, 15) is 4.79 Å². The van der Waals surface area contributed by atoms with Crippen molar-refractivity contribution >= 4 is 5.91 Å². The van der Waals surface area contributed by atoms with Crippen LogP contribution in [-0.2, 0) is 11.2 Å². The lowest BCUT2D eigenvalue weighted by Crippen LogP contribution is -2.41. The van der Waals surface area contributed by atoms with Gasteiger partial charge in [0, 0.05) is 37.9 Å². The molecular formula is C15H23N3O. The van der Waals surface area contributed by atoms with Crippen LogP contribution in [0.1, 0.15) is 31.7 Å². The summed E-state index contributed by atoms with van der Waals surface area (Å²) in [5.41, 5.74) is 1.13. The molecule has 4 nitrogen and oxygen atoms in total. The molecule has 0 bridgehead atoms. The van der Waals surface area contributed by atoms with E-state index >= 15 is 0 Å². The van der Waals surface area contributed by atoms with Crippen LogP contribution in [0.25, 0.3) is 0 Å². The smallest absolute Gasteiger partial charge is 0.222 e. The number of aromatic nitrogens is 1. The number of pyridine rings is 1. The molecular weight excluding hydrogens is 238 g/mol. The second kappa shape index (κ2) is 7.24. The van der Waals surface area contributed by atoms with Gasteiger partial charge in [-0.25, -0.2) is 0 Å². The van der Waals surface area contributed by atoms with Crippen molar-refractivity contribution in [2.75, 3.05) is 19.6 Å². The molecule has 1 atom stereocenters. The molecule has 104 valence electrons. The van der Waals surface area contributed by atoms with E-state index < -0.39 is 0 Å². The van der Waals surface area contributed by atoms with E-state index in [0.29, 0.717) is 12.5 Å². The molecule has 0 aliphatic carbocycles. The van der Waals surface area contributed by atoms with Crippen LogP contribution in [-0.4, -0.2) is 41.5 Å². The van der Waals surface area contributed by atoms with Crippen molar-refractivity contribution in [1.29, 1.82) is 0 Å². The molecule has 1 amide bonds. The topological polar surface area (TPSA) is 45.2 Å². The minimum absolute atomic E-state index is 0.250. The van der Waals surface area contributed by atoms with Crippen LogP contribution in [0.4, 0.5) is 0 Å². The Balaban J connectivity index is 1.79. The van der Waals surface area contributed by atoms with Gasteiger partial charge >= 0.3 is 0 Å². The maximum atomic E-state index is 12.2. The number of rotatable bonds is 6. The molecule has 19 heavy (non-hydrogen) atoms. The Morgan fingerprint density at radius 2 is 2.47 bits per heavy atom. The number of carbonyl (C=O) groups excluding carboxylic acids is 1. The summed E-state index contributed by atoms with van der Waals surface area (Å²) in [7, 11) is 0. The molecule has 0 aromatic carbocycles. The normalized spacial score (nSPS) is 18.5. The van der Waals surface area contributed by atoms with Gasteiger partial charge in [-0.15, -0.1) is 0 Å². The first-order valence-electron chi connectivity index (χ1n) is 7.19. The van der Waals surface area contributed by atoms with Gasteiger partial charge in [-0.3, -0.25) is 9.78 Å². The van der Waals surface area contributed by atoms with Crippen LogP contribution in [0.3, 0.4) is 0 Å². The van der Waals surface area contributed by atoms with E-state index in [4.69, 9.17) is 0 Å². The molecule has 1 aliphatic rings. The van der Waals surface area contributed by atoms with Gasteiger partial charge in [0.25, 0.3) is 0 Å². The Hall–Kier alpha value is -1.42. The minimum atomic E-state index is 0.250. The first-order chi connectivity index (χ1) is 9.29. The average molecular weight is 261 g/mol. The number of nitrogens with zero attached hydrogens (tertiary/aromatic N) is 2. The third kappa shape index (κ3) is 4.31. The zero-order valence-corrected chi connectivity index (χ0v) is 11.6. The highest BCUT2D eigenvalue weighted by Crippen LogP contribution is 2.09. The zero-order valence-electron chi connectivity index (χ0n) is 11.6. The molecule has 2 rings (SSSR count). The van der Waals surface area contributed by atoms with E-state index in [2.05, 4.69) is 17.2 Å². The summed E-state index contributed by atoms with van der Waals surface area (Å²) in [4.78, 5) is 18.3. The number of nitrogens with one attached hydrogen (secondary N) is 1. The summed E-state index contributed by atoms with van der Waals surface area (Å²) in [6.45, 7) is 4.79. The second-order valence-electron chi connectivity index (χ2n) is 5.09. The van der Waals surface area contributed by atoms with Crippen molar-refractivity contribution in [1.82, 2.24) is 15.2 Å². The van der Waals surface area contributed by atoms with Crippen LogP contribution >= 0.6 is 0 Å². The number of carbonyl (C=O) groups is 1. The number of aryl methyl sites for hydroxylation is 1. The predicted octanol–water partition coefficient (Wildman–Crippen LogP) is 1.61. The minimum Gasteiger partial charge on any atom is -0.341 e. The van der Waals surface area contributed by atoms with Gasteiger partial charge in [0.1, 0.15) is 0 Å². The largest absolute Gasteiger partial charge is 0.341 e. The first-order valence-corrected chi connectivity index (χ1v) is 7.19. The molecule has 1 fully saturated rings. The fourth-order valence-corrected chi connectivity index (χ4v) is 2.54. The van der Waals surface area contributed by atoms with Gasteiger partial charge in [0.2, 0.25) is 5.91 Å². The molecule has 4 heteroatoms. The number of hydrogen-bond donors (Lipinski definition) is 1. The quantitative estimate of drug-likeness (QED) is 0.846. The fraction of sp³-hybridized carbons (Fsp3) is 0.600. The molecule has 0 spiro atoms. The monoisotopic (exact) mass is 261 g/mol. The van der Waals surface area contributed by atoms with Crippen molar-refractivity contribution in [3.63, 3.8) is 0 Å². The van der Waals surface area contributed by atoms with Crippen molar-refractivity contribution in [3.8, 4) is 0 Å². The Morgan fingerprint density at radius 3 is 3.11 bits per heavy atom. The third-order valence-corrected chi connectivity index (χ3v) is 3.69. The molecule has 1 aromatic rings. The highest BCUT2D eigenvalue weighted by Gasteiger charge is 2.20. The molecule has 0 saturated carbocycles. The Bertz CT molecular complexity index is 388. The van der Waals surface area contributed by atoms with Gasteiger partial charge in [-0.1, -0.05) is 6.07 Å². The van der Waals surface area contributed by atoms with Crippen LogP contribution in [0.15, 0.2) is 24.5 Å². The second-order valence-corrected chi connectivity index (χ2v) is 5.09. The maximum absolute atomic E-state index is 12.2. The molecule has 1 saturated heterocycles. The summed E-state index contributed by atoms with van der Waals surface area (Å²) in [6, 6.07) is 4.43. The van der Waals surface area contributed by atoms with Gasteiger partial charge < -0.3 is 10.2 Å². The zero-order chi connectivity index (χ0) is 13.5. The van der Waals surface area contributed by atoms with Crippen molar-refractivity contribution in [2.24, 2.45) is 0 Å². The van der Waals surface area contributed by atoms with Crippen LogP contribution in [0.2, 0.25) is 0 Å². The van der Waals surface area contributed by atoms with E-state index in [1.807, 2.05) is 23.2 Å². The number of hydrogen-bond acceptors (Lipinski definition) is 3. The lowest BCUT2D eigenvalue weighted by Gasteiger charge is -2.24. The molecule has 1 unspecified atom stereocenters. The van der Waals surface area contributed by atoms with Crippen molar-refractivity contribution < 1.29 is 4.79 Å². The lowest BCUT2D eigenvalue weighted by molar-refractivity contribution is -0.131. The van der Waals surface area contributed by atoms with Crippen molar-refractivity contribution in [2.45, 2.75) is 38.6 Å². The van der Waals surface area contributed by atoms with Crippen LogP contribution in [0.5, 0.6) is 0 Å². The highest BCUT2D eigenvalue weighted by atomic mass is 16.2. The molecule has 0 radical (unpaired) electrons. The summed E-state index contributed by atoms with van der Waals surface area (Å²) in [6.07, 6.45) is 7.36. The summed E-state index contributed by atoms with van der Waals surface area (Å²) in [5, 5.41) is 3.45. The van der Waals surface area contributed by atoms with Crippen LogP contribution < -0.4 is 5.32 Å². The van der Waals surface area contributed by atoms with Gasteiger partial charge in [0.15, 0.2) is 0 Å². The van der Waals surface area contributed by atoms with Gasteiger partial charge in [-0.2, -0.15) is 0 Å². The third-order valence-electron chi connectivity index (χ3n) is 3.69. The SMILES string of the molecule is CCN(CC1CCCN1)C(=O)CCc1cccnc1. The van der Waals surface area contributed by atoms with E-state index in [-0.39, 0.29) is 5.91 Å². The van der Waals surface area contributed by atoms with E-state index in [0.717, 1.165) is 31.6 Å². The molecule has 2 heterocycles. The standard InChI is InChI=1S/C15H23N3O/c1-2-18(12-14-6-4-10-17-14)15(19)8-7-13-5-3-9-16-11-13/h3,5,9,11,14,17H,2,4,6-8,10,12H2,1H3. The van der Waals surface area contributed by atoms with Crippen molar-refractivity contribution in [3.05, 3.63) is 30.1 Å². The van der Waals surface area contributed by atoms with E-state index in [1.165, 1.54) is 12.8 Å². The Morgan fingerprint density at radius 1 is 1.58 bits per heavy atom. The van der Waals surface area contributed by atoms with Gasteiger partial charge in [0.05, 0.1) is 0 Å². The molecule has 1 N–H and O–H groups in total. The Kier molecular flexibility index (Phi) is 5.33. The lowest BCUT2D eigenvalue weighted by atomic mass is 10.1. The van der Waals surface area contributed by atoms with E-state index in [1.54, 1.807) is 6.20 Å².